The molecule has 0 aliphatic rings. The van der Waals surface area contributed by atoms with Crippen LogP contribution in [-0.2, 0) is 12.0 Å². The van der Waals surface area contributed by atoms with Crippen LogP contribution in [0, 0.1) is 0 Å². The van der Waals surface area contributed by atoms with Gasteiger partial charge in [0.25, 0.3) is 0 Å². The van der Waals surface area contributed by atoms with Gasteiger partial charge < -0.3 is 10.5 Å². The molecule has 0 saturated heterocycles. The minimum absolute atomic E-state index is 0.153. The molecule has 0 fully saturated rings. The van der Waals surface area contributed by atoms with Crippen molar-refractivity contribution in [3.05, 3.63) is 47.8 Å². The van der Waals surface area contributed by atoms with Gasteiger partial charge >= 0.3 is 0 Å². The van der Waals surface area contributed by atoms with Crippen molar-refractivity contribution in [2.45, 2.75) is 32.8 Å². The van der Waals surface area contributed by atoms with Crippen LogP contribution in [0.1, 0.15) is 32.2 Å². The Morgan fingerprint density at radius 2 is 1.79 bits per heavy atom. The van der Waals surface area contributed by atoms with Crippen LogP contribution in [-0.4, -0.2) is 9.97 Å². The number of hydrogen-bond donors (Lipinski definition) is 1. The molecule has 0 bridgehead atoms. The van der Waals surface area contributed by atoms with Crippen LogP contribution in [0.25, 0.3) is 0 Å². The maximum Gasteiger partial charge on any atom is 0.219 e. The van der Waals surface area contributed by atoms with Gasteiger partial charge in [0.1, 0.15) is 18.2 Å². The molecule has 2 N–H and O–H groups in total. The Morgan fingerprint density at radius 1 is 1.11 bits per heavy atom. The number of nitrogens with two attached hydrogens (primary N) is 1. The number of benzene rings is 1. The highest BCUT2D eigenvalue weighted by atomic mass is 16.5. The van der Waals surface area contributed by atoms with E-state index in [-0.39, 0.29) is 5.41 Å². The Labute approximate surface area is 113 Å². The highest BCUT2D eigenvalue weighted by Crippen LogP contribution is 2.22. The zero-order chi connectivity index (χ0) is 13.9. The quantitative estimate of drug-likeness (QED) is 0.918. The highest BCUT2D eigenvalue weighted by molar-refractivity contribution is 5.34. The molecule has 0 unspecified atom stereocenters. The van der Waals surface area contributed by atoms with Crippen LogP contribution in [0.2, 0.25) is 0 Å². The fourth-order valence-corrected chi connectivity index (χ4v) is 1.58. The number of ether oxygens (including phenoxy) is 1. The molecule has 0 radical (unpaired) electrons. The summed E-state index contributed by atoms with van der Waals surface area (Å²) in [6.07, 6.45) is 0. The van der Waals surface area contributed by atoms with Crippen LogP contribution >= 0.6 is 0 Å². The third-order valence-corrected chi connectivity index (χ3v) is 2.62. The molecule has 1 heterocycles. The average molecular weight is 257 g/mol. The molecule has 2 rings (SSSR count). The lowest BCUT2D eigenvalue weighted by Crippen LogP contribution is -2.17. The minimum atomic E-state index is -0.153. The minimum Gasteiger partial charge on any atom is -0.473 e. The van der Waals surface area contributed by atoms with E-state index in [2.05, 4.69) is 9.97 Å². The number of anilines is 1. The first-order valence-electron chi connectivity index (χ1n) is 6.27. The first-order chi connectivity index (χ1) is 8.95. The maximum absolute atomic E-state index is 5.79. The molecule has 4 nitrogen and oxygen atoms in total. The third kappa shape index (κ3) is 3.68. The van der Waals surface area contributed by atoms with Gasteiger partial charge in [-0.3, -0.25) is 0 Å². The van der Waals surface area contributed by atoms with Gasteiger partial charge in [0.15, 0.2) is 0 Å². The summed E-state index contributed by atoms with van der Waals surface area (Å²) in [5, 5.41) is 0. The van der Waals surface area contributed by atoms with E-state index >= 15 is 0 Å². The SMILES string of the molecule is CC(C)(C)c1nc(N)cc(OCc2ccccc2)n1. The van der Waals surface area contributed by atoms with Crippen molar-refractivity contribution in [3.63, 3.8) is 0 Å². The molecular formula is C15H19N3O. The molecule has 100 valence electrons. The van der Waals surface area contributed by atoms with Gasteiger partial charge in [-0.25, -0.2) is 4.98 Å². The van der Waals surface area contributed by atoms with E-state index < -0.39 is 0 Å². The van der Waals surface area contributed by atoms with Crippen molar-refractivity contribution in [1.29, 1.82) is 0 Å². The number of aromatic nitrogens is 2. The molecule has 0 saturated carbocycles. The maximum atomic E-state index is 5.79. The Balaban J connectivity index is 2.15. The van der Waals surface area contributed by atoms with Crippen molar-refractivity contribution in [2.24, 2.45) is 0 Å². The Morgan fingerprint density at radius 3 is 2.42 bits per heavy atom. The smallest absolute Gasteiger partial charge is 0.219 e. The predicted molar refractivity (Wildman–Crippen MR) is 75.9 cm³/mol. The second-order valence-corrected chi connectivity index (χ2v) is 5.48. The first kappa shape index (κ1) is 13.3. The van der Waals surface area contributed by atoms with Crippen molar-refractivity contribution < 1.29 is 4.74 Å². The summed E-state index contributed by atoms with van der Waals surface area (Å²) < 4.78 is 5.68. The van der Waals surface area contributed by atoms with Crippen LogP contribution in [0.5, 0.6) is 5.88 Å². The lowest BCUT2D eigenvalue weighted by atomic mass is 9.96. The largest absolute Gasteiger partial charge is 0.473 e. The predicted octanol–water partition coefficient (Wildman–Crippen LogP) is 2.94. The molecule has 0 aliphatic heterocycles. The molecule has 1 aromatic heterocycles. The summed E-state index contributed by atoms with van der Waals surface area (Å²) in [6, 6.07) is 11.6. The topological polar surface area (TPSA) is 61.0 Å². The van der Waals surface area contributed by atoms with Crippen LogP contribution < -0.4 is 10.5 Å². The normalized spacial score (nSPS) is 11.3. The van der Waals surface area contributed by atoms with E-state index in [9.17, 15) is 0 Å². The fraction of sp³-hybridized carbons (Fsp3) is 0.333. The molecular weight excluding hydrogens is 238 g/mol. The zero-order valence-corrected chi connectivity index (χ0v) is 11.6. The van der Waals surface area contributed by atoms with Gasteiger partial charge in [0.2, 0.25) is 5.88 Å². The fourth-order valence-electron chi connectivity index (χ4n) is 1.58. The summed E-state index contributed by atoms with van der Waals surface area (Å²) >= 11 is 0. The summed E-state index contributed by atoms with van der Waals surface area (Å²) in [4.78, 5) is 8.65. The van der Waals surface area contributed by atoms with Crippen molar-refractivity contribution >= 4 is 5.82 Å². The van der Waals surface area contributed by atoms with Gasteiger partial charge in [-0.1, -0.05) is 51.1 Å². The summed E-state index contributed by atoms with van der Waals surface area (Å²) in [5.74, 6) is 1.64. The lowest BCUT2D eigenvalue weighted by molar-refractivity contribution is 0.290. The molecule has 1 aromatic carbocycles. The molecule has 2 aromatic rings. The third-order valence-electron chi connectivity index (χ3n) is 2.62. The van der Waals surface area contributed by atoms with Gasteiger partial charge in [-0.2, -0.15) is 4.98 Å². The van der Waals surface area contributed by atoms with Crippen molar-refractivity contribution in [2.75, 3.05) is 5.73 Å². The van der Waals surface area contributed by atoms with E-state index in [0.717, 1.165) is 5.56 Å². The standard InChI is InChI=1S/C15H19N3O/c1-15(2,3)14-17-12(16)9-13(18-14)19-10-11-7-5-4-6-8-11/h4-9H,10H2,1-3H3,(H2,16,17,18). The van der Waals surface area contributed by atoms with E-state index in [1.807, 2.05) is 51.1 Å². The van der Waals surface area contributed by atoms with Crippen LogP contribution in [0.15, 0.2) is 36.4 Å². The van der Waals surface area contributed by atoms with E-state index in [4.69, 9.17) is 10.5 Å². The number of nitrogens with zero attached hydrogens (tertiary/aromatic N) is 2. The monoisotopic (exact) mass is 257 g/mol. The second-order valence-electron chi connectivity index (χ2n) is 5.48. The number of hydrogen-bond acceptors (Lipinski definition) is 4. The second kappa shape index (κ2) is 5.26. The van der Waals surface area contributed by atoms with E-state index in [1.54, 1.807) is 6.07 Å². The van der Waals surface area contributed by atoms with Gasteiger partial charge in [-0.15, -0.1) is 0 Å². The van der Waals surface area contributed by atoms with Crippen LogP contribution in [0.4, 0.5) is 5.82 Å². The van der Waals surface area contributed by atoms with Crippen molar-refractivity contribution in [3.8, 4) is 5.88 Å². The molecule has 4 heteroatoms. The molecule has 0 amide bonds. The highest BCUT2D eigenvalue weighted by Gasteiger charge is 2.19. The Hall–Kier alpha value is -2.10. The van der Waals surface area contributed by atoms with Gasteiger partial charge in [0.05, 0.1) is 0 Å². The lowest BCUT2D eigenvalue weighted by Gasteiger charge is -2.17. The molecule has 0 aliphatic carbocycles. The average Bonchev–Trinajstić information content (AvgIpc) is 2.36. The number of nitrogen functional groups attached to an aromatic ring is 1. The van der Waals surface area contributed by atoms with E-state index in [0.29, 0.717) is 24.1 Å². The first-order valence-corrected chi connectivity index (χ1v) is 6.27. The summed E-state index contributed by atoms with van der Waals surface area (Å²) in [5.41, 5.74) is 6.74. The van der Waals surface area contributed by atoms with Gasteiger partial charge in [0, 0.05) is 11.5 Å². The molecule has 19 heavy (non-hydrogen) atoms. The van der Waals surface area contributed by atoms with Gasteiger partial charge in [-0.05, 0) is 5.56 Å². The van der Waals surface area contributed by atoms with Crippen molar-refractivity contribution in [1.82, 2.24) is 9.97 Å². The Bertz CT molecular complexity index is 547. The molecule has 0 atom stereocenters. The molecule has 0 spiro atoms. The summed E-state index contributed by atoms with van der Waals surface area (Å²) in [7, 11) is 0. The van der Waals surface area contributed by atoms with E-state index in [1.165, 1.54) is 0 Å². The number of rotatable bonds is 3. The van der Waals surface area contributed by atoms with Crippen LogP contribution in [0.3, 0.4) is 0 Å². The zero-order valence-electron chi connectivity index (χ0n) is 11.6. The summed E-state index contributed by atoms with van der Waals surface area (Å²) in [6.45, 7) is 6.61. The Kier molecular flexibility index (Phi) is 3.69.